The Kier molecular flexibility index (Phi) is 5.60. The molecule has 0 saturated carbocycles. The maximum atomic E-state index is 13.0. The Labute approximate surface area is 190 Å². The van der Waals surface area contributed by atoms with Gasteiger partial charge in [0.1, 0.15) is 5.03 Å². The van der Waals surface area contributed by atoms with Gasteiger partial charge in [0, 0.05) is 57.7 Å². The highest BCUT2D eigenvalue weighted by Gasteiger charge is 2.12. The van der Waals surface area contributed by atoms with E-state index in [0.717, 1.165) is 34.0 Å². The van der Waals surface area contributed by atoms with Crippen LogP contribution in [0.2, 0.25) is 0 Å². The number of para-hydroxylation sites is 1. The Bertz CT molecular complexity index is 1410. The Morgan fingerprint density at radius 1 is 0.969 bits per heavy atom. The monoisotopic (exact) mass is 438 g/mol. The fraction of sp³-hybridized carbons (Fsp3) is 0.115. The van der Waals surface area contributed by atoms with Gasteiger partial charge < -0.3 is 9.88 Å². The number of carbonyl (C=O) groups excluding carboxylic acids is 1. The number of aryl methyl sites for hydroxylation is 1. The average Bonchev–Trinajstić information content (AvgIpc) is 3.16. The first kappa shape index (κ1) is 20.3. The van der Waals surface area contributed by atoms with Crippen molar-refractivity contribution < 1.29 is 4.79 Å². The Balaban J connectivity index is 1.37. The molecule has 1 amide bonds. The molecule has 5 aromatic rings. The van der Waals surface area contributed by atoms with Crippen LogP contribution in [0.3, 0.4) is 0 Å². The van der Waals surface area contributed by atoms with Gasteiger partial charge in [0.15, 0.2) is 0 Å². The molecule has 0 radical (unpaired) electrons. The molecule has 2 heterocycles. The van der Waals surface area contributed by atoms with E-state index >= 15 is 0 Å². The molecule has 6 heteroatoms. The van der Waals surface area contributed by atoms with Crippen molar-refractivity contribution in [1.82, 2.24) is 14.5 Å². The number of thioether (sulfide) groups is 1. The highest BCUT2D eigenvalue weighted by molar-refractivity contribution is 7.98. The van der Waals surface area contributed by atoms with Crippen LogP contribution in [0.15, 0.2) is 90.3 Å². The van der Waals surface area contributed by atoms with Gasteiger partial charge in [0.05, 0.1) is 6.20 Å². The smallest absolute Gasteiger partial charge is 0.255 e. The minimum atomic E-state index is -0.116. The molecule has 0 unspecified atom stereocenters. The van der Waals surface area contributed by atoms with E-state index in [1.807, 2.05) is 30.3 Å². The number of nitrogens with zero attached hydrogens (tertiary/aromatic N) is 3. The van der Waals surface area contributed by atoms with Gasteiger partial charge in [-0.05, 0) is 48.9 Å². The normalized spacial score (nSPS) is 11.2. The summed E-state index contributed by atoms with van der Waals surface area (Å²) in [6.45, 7) is 3.05. The fourth-order valence-electron chi connectivity index (χ4n) is 3.99. The molecule has 0 aliphatic heterocycles. The van der Waals surface area contributed by atoms with Crippen molar-refractivity contribution in [2.45, 2.75) is 24.2 Å². The van der Waals surface area contributed by atoms with Crippen molar-refractivity contribution in [3.8, 4) is 0 Å². The van der Waals surface area contributed by atoms with E-state index in [4.69, 9.17) is 0 Å². The highest BCUT2D eigenvalue weighted by atomic mass is 32.2. The van der Waals surface area contributed by atoms with Gasteiger partial charge in [0.25, 0.3) is 5.91 Å². The number of carbonyl (C=O) groups is 1. The number of benzene rings is 3. The second-order valence-corrected chi connectivity index (χ2v) is 8.48. The quantitative estimate of drug-likeness (QED) is 0.323. The molecule has 0 saturated heterocycles. The minimum absolute atomic E-state index is 0.116. The number of fused-ring (bicyclic) bond motifs is 3. The number of hydrogen-bond acceptors (Lipinski definition) is 4. The van der Waals surface area contributed by atoms with E-state index in [9.17, 15) is 4.79 Å². The van der Waals surface area contributed by atoms with E-state index in [-0.39, 0.29) is 5.91 Å². The maximum Gasteiger partial charge on any atom is 0.255 e. The van der Waals surface area contributed by atoms with Crippen LogP contribution >= 0.6 is 11.8 Å². The lowest BCUT2D eigenvalue weighted by Crippen LogP contribution is -2.12. The van der Waals surface area contributed by atoms with Gasteiger partial charge in [0.2, 0.25) is 0 Å². The number of hydrogen-bond donors (Lipinski definition) is 1. The molecule has 0 aliphatic carbocycles. The average molecular weight is 439 g/mol. The molecule has 158 valence electrons. The van der Waals surface area contributed by atoms with Crippen LogP contribution in [0.4, 0.5) is 5.69 Å². The third-order valence-corrected chi connectivity index (χ3v) is 6.45. The number of rotatable bonds is 6. The Morgan fingerprint density at radius 2 is 1.84 bits per heavy atom. The predicted molar refractivity (Wildman–Crippen MR) is 131 cm³/mol. The van der Waals surface area contributed by atoms with Crippen molar-refractivity contribution in [3.05, 3.63) is 96.4 Å². The minimum Gasteiger partial charge on any atom is -0.341 e. The molecule has 0 bridgehead atoms. The van der Waals surface area contributed by atoms with Crippen molar-refractivity contribution in [1.29, 1.82) is 0 Å². The zero-order valence-electron chi connectivity index (χ0n) is 17.7. The van der Waals surface area contributed by atoms with Gasteiger partial charge >= 0.3 is 0 Å². The van der Waals surface area contributed by atoms with Crippen LogP contribution in [0.5, 0.6) is 0 Å². The summed E-state index contributed by atoms with van der Waals surface area (Å²) in [5.74, 6) is 0.609. The lowest BCUT2D eigenvalue weighted by Gasteiger charge is -2.08. The molecule has 0 aliphatic rings. The first-order valence-electron chi connectivity index (χ1n) is 10.5. The van der Waals surface area contributed by atoms with Crippen molar-refractivity contribution in [3.63, 3.8) is 0 Å². The second-order valence-electron chi connectivity index (χ2n) is 7.48. The van der Waals surface area contributed by atoms with E-state index in [0.29, 0.717) is 5.56 Å². The lowest BCUT2D eigenvalue weighted by molar-refractivity contribution is 0.102. The van der Waals surface area contributed by atoms with Crippen LogP contribution in [0, 0.1) is 0 Å². The highest BCUT2D eigenvalue weighted by Crippen LogP contribution is 2.31. The summed E-state index contributed by atoms with van der Waals surface area (Å²) in [5.41, 5.74) is 4.88. The first-order chi connectivity index (χ1) is 15.7. The summed E-state index contributed by atoms with van der Waals surface area (Å²) in [4.78, 5) is 21.3. The SMILES string of the molecule is CCn1c2ccccc2c2cc(NC(=O)c3cccc(CSc4cnccn4)c3)ccc21. The number of anilines is 1. The topological polar surface area (TPSA) is 59.8 Å². The zero-order valence-corrected chi connectivity index (χ0v) is 18.5. The molecule has 5 rings (SSSR count). The zero-order chi connectivity index (χ0) is 21.9. The number of amides is 1. The molecular weight excluding hydrogens is 416 g/mol. The summed E-state index contributed by atoms with van der Waals surface area (Å²) >= 11 is 1.60. The molecule has 32 heavy (non-hydrogen) atoms. The molecular formula is C26H22N4OS. The van der Waals surface area contributed by atoms with Crippen molar-refractivity contribution in [2.24, 2.45) is 0 Å². The molecule has 0 spiro atoms. The van der Waals surface area contributed by atoms with Crippen molar-refractivity contribution in [2.75, 3.05) is 5.32 Å². The van der Waals surface area contributed by atoms with E-state index in [1.165, 1.54) is 16.4 Å². The number of nitrogens with one attached hydrogen (secondary N) is 1. The molecule has 3 aromatic carbocycles. The largest absolute Gasteiger partial charge is 0.341 e. The first-order valence-corrected chi connectivity index (χ1v) is 11.5. The standard InChI is InChI=1S/C26H22N4OS/c1-2-30-23-9-4-3-8-21(23)22-15-20(10-11-24(22)30)29-26(31)19-7-5-6-18(14-19)17-32-25-16-27-12-13-28-25/h3-16H,2,17H2,1H3,(H,29,31). The molecule has 5 nitrogen and oxygen atoms in total. The molecule has 0 fully saturated rings. The molecule has 2 aromatic heterocycles. The van der Waals surface area contributed by atoms with Crippen LogP contribution in [0.1, 0.15) is 22.8 Å². The van der Waals surface area contributed by atoms with Crippen LogP contribution in [-0.4, -0.2) is 20.4 Å². The Hall–Kier alpha value is -3.64. The van der Waals surface area contributed by atoms with Crippen LogP contribution < -0.4 is 5.32 Å². The van der Waals surface area contributed by atoms with E-state index < -0.39 is 0 Å². The summed E-state index contributed by atoms with van der Waals surface area (Å²) < 4.78 is 2.30. The molecule has 0 atom stereocenters. The summed E-state index contributed by atoms with van der Waals surface area (Å²) in [5, 5.41) is 6.27. The van der Waals surface area contributed by atoms with Crippen molar-refractivity contribution >= 4 is 45.2 Å². The summed E-state index contributed by atoms with van der Waals surface area (Å²) in [6, 6.07) is 22.2. The third kappa shape index (κ3) is 3.97. The van der Waals surface area contributed by atoms with Gasteiger partial charge in [-0.1, -0.05) is 30.3 Å². The van der Waals surface area contributed by atoms with Gasteiger partial charge in [-0.3, -0.25) is 9.78 Å². The van der Waals surface area contributed by atoms with E-state index in [2.05, 4.69) is 63.2 Å². The van der Waals surface area contributed by atoms with Crippen LogP contribution in [0.25, 0.3) is 21.8 Å². The Morgan fingerprint density at radius 3 is 2.69 bits per heavy atom. The third-order valence-electron chi connectivity index (χ3n) is 5.46. The van der Waals surface area contributed by atoms with Gasteiger partial charge in [-0.25, -0.2) is 4.98 Å². The van der Waals surface area contributed by atoms with Gasteiger partial charge in [-0.15, -0.1) is 11.8 Å². The fourth-order valence-corrected chi connectivity index (χ4v) is 4.76. The van der Waals surface area contributed by atoms with Gasteiger partial charge in [-0.2, -0.15) is 0 Å². The second kappa shape index (κ2) is 8.85. The van der Waals surface area contributed by atoms with E-state index in [1.54, 1.807) is 30.4 Å². The summed E-state index contributed by atoms with van der Waals surface area (Å²) in [6.07, 6.45) is 5.08. The predicted octanol–water partition coefficient (Wildman–Crippen LogP) is 6.15. The summed E-state index contributed by atoms with van der Waals surface area (Å²) in [7, 11) is 0. The number of aromatic nitrogens is 3. The maximum absolute atomic E-state index is 13.0. The lowest BCUT2D eigenvalue weighted by atomic mass is 10.1. The molecule has 1 N–H and O–H groups in total. The van der Waals surface area contributed by atoms with Crippen LogP contribution in [-0.2, 0) is 12.3 Å².